The first-order valence-electron chi connectivity index (χ1n) is 7.22. The Hall–Kier alpha value is -1.36. The Morgan fingerprint density at radius 3 is 2.68 bits per heavy atom. The van der Waals surface area contributed by atoms with Gasteiger partial charge in [-0.3, -0.25) is 0 Å². The fourth-order valence-corrected chi connectivity index (χ4v) is 2.32. The molecule has 0 saturated heterocycles. The van der Waals surface area contributed by atoms with E-state index in [1.807, 2.05) is 7.05 Å². The Morgan fingerprint density at radius 2 is 2.05 bits per heavy atom. The molecule has 1 aromatic heterocycles. The van der Waals surface area contributed by atoms with Crippen LogP contribution in [-0.2, 0) is 6.42 Å². The molecule has 5 nitrogen and oxygen atoms in total. The molecule has 19 heavy (non-hydrogen) atoms. The molecule has 1 fully saturated rings. The van der Waals surface area contributed by atoms with Gasteiger partial charge >= 0.3 is 0 Å². The van der Waals surface area contributed by atoms with E-state index in [1.165, 1.54) is 18.4 Å². The van der Waals surface area contributed by atoms with Crippen LogP contribution in [0, 0.1) is 0 Å². The average molecular weight is 263 g/mol. The van der Waals surface area contributed by atoms with Crippen molar-refractivity contribution in [3.05, 3.63) is 11.9 Å². The number of hydrogen-bond acceptors (Lipinski definition) is 5. The molecular formula is C14H25N5. The van der Waals surface area contributed by atoms with Gasteiger partial charge in [-0.25, -0.2) is 9.97 Å². The van der Waals surface area contributed by atoms with Gasteiger partial charge < -0.3 is 15.5 Å². The van der Waals surface area contributed by atoms with E-state index in [2.05, 4.69) is 39.5 Å². The van der Waals surface area contributed by atoms with Crippen LogP contribution in [0.3, 0.4) is 0 Å². The zero-order valence-corrected chi connectivity index (χ0v) is 12.2. The molecule has 1 heterocycles. The molecule has 0 spiro atoms. The third-order valence-electron chi connectivity index (χ3n) is 3.61. The summed E-state index contributed by atoms with van der Waals surface area (Å²) in [6, 6.07) is 0.815. The van der Waals surface area contributed by atoms with Crippen LogP contribution < -0.4 is 10.6 Å². The van der Waals surface area contributed by atoms with Crippen LogP contribution in [0.5, 0.6) is 0 Å². The van der Waals surface area contributed by atoms with E-state index in [4.69, 9.17) is 0 Å². The summed E-state index contributed by atoms with van der Waals surface area (Å²) in [5.74, 6) is 1.92. The summed E-state index contributed by atoms with van der Waals surface area (Å²) in [4.78, 5) is 11.1. The third kappa shape index (κ3) is 3.80. The molecule has 0 atom stereocenters. The number of aromatic nitrogens is 2. The Kier molecular flexibility index (Phi) is 4.96. The Balaban J connectivity index is 1.93. The molecule has 0 amide bonds. The average Bonchev–Trinajstić information content (AvgIpc) is 3.25. The van der Waals surface area contributed by atoms with Gasteiger partial charge in [0.15, 0.2) is 0 Å². The molecule has 1 aromatic rings. The van der Waals surface area contributed by atoms with Gasteiger partial charge in [0, 0.05) is 31.7 Å². The molecule has 1 aliphatic rings. The van der Waals surface area contributed by atoms with Gasteiger partial charge in [0.1, 0.15) is 18.0 Å². The van der Waals surface area contributed by atoms with Gasteiger partial charge in [-0.1, -0.05) is 13.3 Å². The first kappa shape index (κ1) is 14.1. The van der Waals surface area contributed by atoms with E-state index in [0.29, 0.717) is 0 Å². The van der Waals surface area contributed by atoms with Gasteiger partial charge in [-0.2, -0.15) is 0 Å². The highest BCUT2D eigenvalue weighted by Gasteiger charge is 2.25. The molecule has 0 bridgehead atoms. The lowest BCUT2D eigenvalue weighted by Crippen LogP contribution is -2.27. The Labute approximate surface area is 115 Å². The van der Waals surface area contributed by atoms with Crippen LogP contribution in [0.2, 0.25) is 0 Å². The smallest absolute Gasteiger partial charge is 0.134 e. The number of anilines is 2. The first-order valence-corrected chi connectivity index (χ1v) is 7.22. The Morgan fingerprint density at radius 1 is 1.32 bits per heavy atom. The third-order valence-corrected chi connectivity index (χ3v) is 3.61. The van der Waals surface area contributed by atoms with Crippen LogP contribution in [0.1, 0.15) is 31.7 Å². The minimum absolute atomic E-state index is 0.815. The van der Waals surface area contributed by atoms with Crippen molar-refractivity contribution in [1.29, 1.82) is 0 Å². The zero-order valence-electron chi connectivity index (χ0n) is 12.2. The minimum Gasteiger partial charge on any atom is -0.373 e. The fraction of sp³-hybridized carbons (Fsp3) is 0.714. The first-order chi connectivity index (χ1) is 9.26. The van der Waals surface area contributed by atoms with Crippen LogP contribution in [0.4, 0.5) is 11.6 Å². The number of hydrogen-bond donors (Lipinski definition) is 2. The quantitative estimate of drug-likeness (QED) is 0.751. The van der Waals surface area contributed by atoms with Crippen LogP contribution >= 0.6 is 0 Å². The molecule has 5 heteroatoms. The van der Waals surface area contributed by atoms with Crippen LogP contribution in [0.25, 0.3) is 0 Å². The van der Waals surface area contributed by atoms with Gasteiger partial charge in [0.2, 0.25) is 0 Å². The van der Waals surface area contributed by atoms with Crippen LogP contribution in [-0.4, -0.2) is 48.1 Å². The van der Waals surface area contributed by atoms with E-state index in [0.717, 1.165) is 43.6 Å². The second-order valence-electron chi connectivity index (χ2n) is 5.19. The molecule has 1 saturated carbocycles. The molecule has 2 N–H and O–H groups in total. The molecule has 106 valence electrons. The summed E-state index contributed by atoms with van der Waals surface area (Å²) >= 11 is 0. The van der Waals surface area contributed by atoms with Gasteiger partial charge in [-0.05, 0) is 26.3 Å². The van der Waals surface area contributed by atoms with E-state index in [1.54, 1.807) is 6.33 Å². The van der Waals surface area contributed by atoms with Crippen LogP contribution in [0.15, 0.2) is 6.33 Å². The summed E-state index contributed by atoms with van der Waals surface area (Å²) in [5.41, 5.74) is 1.20. The normalized spacial score (nSPS) is 14.7. The predicted octanol–water partition coefficient (Wildman–Crippen LogP) is 1.98. The molecule has 2 rings (SSSR count). The topological polar surface area (TPSA) is 53.1 Å². The second kappa shape index (κ2) is 6.70. The lowest BCUT2D eigenvalue weighted by molar-refractivity contribution is 0.337. The molecule has 0 unspecified atom stereocenters. The summed E-state index contributed by atoms with van der Waals surface area (Å²) in [6.45, 7) is 4.18. The van der Waals surface area contributed by atoms with Crippen molar-refractivity contribution in [3.8, 4) is 0 Å². The minimum atomic E-state index is 0.815. The van der Waals surface area contributed by atoms with Crippen molar-refractivity contribution in [2.45, 2.75) is 38.6 Å². The summed E-state index contributed by atoms with van der Waals surface area (Å²) in [5, 5.41) is 6.60. The highest BCUT2D eigenvalue weighted by molar-refractivity contribution is 5.57. The summed E-state index contributed by atoms with van der Waals surface area (Å²) < 4.78 is 0. The molecule has 0 aliphatic heterocycles. The van der Waals surface area contributed by atoms with Crippen molar-refractivity contribution in [2.24, 2.45) is 0 Å². The summed E-state index contributed by atoms with van der Waals surface area (Å²) in [7, 11) is 4.11. The second-order valence-corrected chi connectivity index (χ2v) is 5.19. The molecule has 0 radical (unpaired) electrons. The fourth-order valence-electron chi connectivity index (χ4n) is 2.32. The van der Waals surface area contributed by atoms with Gasteiger partial charge in [0.05, 0.1) is 0 Å². The van der Waals surface area contributed by atoms with Gasteiger partial charge in [0.25, 0.3) is 0 Å². The van der Waals surface area contributed by atoms with Crippen molar-refractivity contribution < 1.29 is 0 Å². The SMILES string of the molecule is CCCc1c(NC)ncnc1NCCN(C)C1CC1. The van der Waals surface area contributed by atoms with Crippen molar-refractivity contribution in [3.63, 3.8) is 0 Å². The largest absolute Gasteiger partial charge is 0.373 e. The maximum Gasteiger partial charge on any atom is 0.134 e. The maximum absolute atomic E-state index is 4.38. The van der Waals surface area contributed by atoms with Gasteiger partial charge in [-0.15, -0.1) is 0 Å². The highest BCUT2D eigenvalue weighted by Crippen LogP contribution is 2.25. The van der Waals surface area contributed by atoms with E-state index >= 15 is 0 Å². The molecule has 1 aliphatic carbocycles. The monoisotopic (exact) mass is 263 g/mol. The van der Waals surface area contributed by atoms with E-state index < -0.39 is 0 Å². The Bertz CT molecular complexity index is 403. The number of likely N-dealkylation sites (N-methyl/N-ethyl adjacent to an activating group) is 1. The maximum atomic E-state index is 4.38. The summed E-state index contributed by atoms with van der Waals surface area (Å²) in [6.07, 6.45) is 6.43. The van der Waals surface area contributed by atoms with Crippen molar-refractivity contribution in [1.82, 2.24) is 14.9 Å². The van der Waals surface area contributed by atoms with Crippen molar-refractivity contribution >= 4 is 11.6 Å². The molecular weight excluding hydrogens is 238 g/mol. The lowest BCUT2D eigenvalue weighted by Gasteiger charge is -2.18. The highest BCUT2D eigenvalue weighted by atomic mass is 15.2. The van der Waals surface area contributed by atoms with E-state index in [-0.39, 0.29) is 0 Å². The number of nitrogens with zero attached hydrogens (tertiary/aromatic N) is 3. The standard InChI is InChI=1S/C14H25N5/c1-4-5-12-13(15-2)17-10-18-14(12)16-8-9-19(3)11-6-7-11/h10-11H,4-9H2,1-3H3,(H2,15,16,17,18). The number of rotatable bonds is 8. The van der Waals surface area contributed by atoms with E-state index in [9.17, 15) is 0 Å². The van der Waals surface area contributed by atoms with Crippen molar-refractivity contribution in [2.75, 3.05) is 37.8 Å². The zero-order chi connectivity index (χ0) is 13.7. The molecule has 0 aromatic carbocycles. The number of nitrogens with one attached hydrogen (secondary N) is 2. The predicted molar refractivity (Wildman–Crippen MR) is 79.7 cm³/mol. The lowest BCUT2D eigenvalue weighted by atomic mass is 10.1.